The smallest absolute Gasteiger partial charge is 0.235 e. The van der Waals surface area contributed by atoms with Crippen LogP contribution in [0.2, 0.25) is 0 Å². The van der Waals surface area contributed by atoms with Crippen molar-refractivity contribution in [3.8, 4) is 5.69 Å². The van der Waals surface area contributed by atoms with Gasteiger partial charge in [0.05, 0.1) is 22.4 Å². The molecule has 3 rings (SSSR count). The molecule has 1 aliphatic heterocycles. The number of aromatic nitrogens is 4. The van der Waals surface area contributed by atoms with E-state index in [0.29, 0.717) is 11.6 Å². The molecular formula is C17H23N5O3S2. The molecule has 146 valence electrons. The minimum absolute atomic E-state index is 0.0346. The van der Waals surface area contributed by atoms with Gasteiger partial charge in [-0.1, -0.05) is 29.5 Å². The number of nitrogens with zero attached hydrogens (tertiary/aromatic N) is 5. The lowest BCUT2D eigenvalue weighted by Gasteiger charge is -2.26. The fraction of sp³-hybridized carbons (Fsp3) is 0.529. The summed E-state index contributed by atoms with van der Waals surface area (Å²) in [4.78, 5) is 14.3. The summed E-state index contributed by atoms with van der Waals surface area (Å²) in [6, 6.07) is 5.73. The molecule has 1 aromatic heterocycles. The zero-order chi connectivity index (χ0) is 19.8. The van der Waals surface area contributed by atoms with Crippen LogP contribution in [0.4, 0.5) is 0 Å². The van der Waals surface area contributed by atoms with Crippen molar-refractivity contribution in [2.45, 2.75) is 43.6 Å². The van der Waals surface area contributed by atoms with E-state index in [1.165, 1.54) is 11.8 Å². The van der Waals surface area contributed by atoms with E-state index in [4.69, 9.17) is 0 Å². The van der Waals surface area contributed by atoms with Crippen LogP contribution in [0.5, 0.6) is 0 Å². The van der Waals surface area contributed by atoms with Crippen molar-refractivity contribution in [3.05, 3.63) is 29.3 Å². The van der Waals surface area contributed by atoms with Gasteiger partial charge in [-0.05, 0) is 49.2 Å². The molecule has 0 radical (unpaired) electrons. The SMILES string of the molecule is Cc1ccc(-n2nnnc2S[C@H](C)C(=O)N(C)[C@@H]2CCS(=O)(=O)C2)c(C)c1. The number of amides is 1. The van der Waals surface area contributed by atoms with Crippen LogP contribution in [0.25, 0.3) is 5.69 Å². The highest BCUT2D eigenvalue weighted by atomic mass is 32.2. The molecule has 10 heteroatoms. The van der Waals surface area contributed by atoms with Crippen molar-refractivity contribution in [2.75, 3.05) is 18.6 Å². The standard InChI is InChI=1S/C17H23N5O3S2/c1-11-5-6-15(12(2)9-11)22-17(18-19-20-22)26-13(3)16(23)21(4)14-7-8-27(24,25)10-14/h5-6,9,13-14H,7-8,10H2,1-4H3/t13-,14-/m1/s1. The number of thioether (sulfide) groups is 1. The summed E-state index contributed by atoms with van der Waals surface area (Å²) in [5.74, 6) is 0.0478. The Kier molecular flexibility index (Phi) is 5.57. The first-order chi connectivity index (χ1) is 12.7. The number of benzene rings is 1. The molecule has 1 amide bonds. The number of aryl methyl sites for hydroxylation is 2. The predicted octanol–water partition coefficient (Wildman–Crippen LogP) is 1.41. The van der Waals surface area contributed by atoms with Gasteiger partial charge in [0.25, 0.3) is 0 Å². The summed E-state index contributed by atoms with van der Waals surface area (Å²) in [6.07, 6.45) is 0.488. The van der Waals surface area contributed by atoms with E-state index in [1.807, 2.05) is 32.0 Å². The summed E-state index contributed by atoms with van der Waals surface area (Å²) in [6.45, 7) is 5.79. The van der Waals surface area contributed by atoms with Gasteiger partial charge < -0.3 is 4.90 Å². The van der Waals surface area contributed by atoms with Gasteiger partial charge >= 0.3 is 0 Å². The Labute approximate surface area is 163 Å². The molecule has 0 spiro atoms. The highest BCUT2D eigenvalue weighted by Gasteiger charge is 2.34. The summed E-state index contributed by atoms with van der Waals surface area (Å²) >= 11 is 1.27. The number of tetrazole rings is 1. The van der Waals surface area contributed by atoms with Gasteiger partial charge in [0.15, 0.2) is 9.84 Å². The molecule has 1 aliphatic rings. The molecule has 2 atom stereocenters. The lowest BCUT2D eigenvalue weighted by molar-refractivity contribution is -0.130. The Bertz CT molecular complexity index is 957. The maximum absolute atomic E-state index is 12.8. The maximum atomic E-state index is 12.8. The topological polar surface area (TPSA) is 98.1 Å². The van der Waals surface area contributed by atoms with Gasteiger partial charge in [-0.3, -0.25) is 4.79 Å². The van der Waals surface area contributed by atoms with Crippen LogP contribution in [0, 0.1) is 13.8 Å². The van der Waals surface area contributed by atoms with Crippen molar-refractivity contribution in [1.82, 2.24) is 25.1 Å². The maximum Gasteiger partial charge on any atom is 0.235 e. The second kappa shape index (κ2) is 7.59. The van der Waals surface area contributed by atoms with E-state index in [9.17, 15) is 13.2 Å². The van der Waals surface area contributed by atoms with Gasteiger partial charge in [0.2, 0.25) is 11.1 Å². The third kappa shape index (κ3) is 4.32. The third-order valence-electron chi connectivity index (χ3n) is 4.76. The minimum atomic E-state index is -3.04. The molecule has 2 aromatic rings. The highest BCUT2D eigenvalue weighted by molar-refractivity contribution is 8.00. The summed E-state index contributed by atoms with van der Waals surface area (Å²) in [7, 11) is -1.37. The van der Waals surface area contributed by atoms with E-state index in [2.05, 4.69) is 15.5 Å². The second-order valence-electron chi connectivity index (χ2n) is 6.93. The molecule has 0 bridgehead atoms. The molecule has 1 saturated heterocycles. The number of hydrogen-bond acceptors (Lipinski definition) is 7. The van der Waals surface area contributed by atoms with E-state index >= 15 is 0 Å². The molecule has 0 N–H and O–H groups in total. The number of carbonyl (C=O) groups is 1. The van der Waals surface area contributed by atoms with Crippen LogP contribution in [0.1, 0.15) is 24.5 Å². The molecular weight excluding hydrogens is 386 g/mol. The summed E-state index contributed by atoms with van der Waals surface area (Å²) in [5.41, 5.74) is 3.05. The van der Waals surface area contributed by atoms with Crippen molar-refractivity contribution >= 4 is 27.5 Å². The number of rotatable bonds is 5. The minimum Gasteiger partial charge on any atom is -0.341 e. The van der Waals surface area contributed by atoms with Gasteiger partial charge in [-0.25, -0.2) is 8.42 Å². The quantitative estimate of drug-likeness (QED) is 0.689. The van der Waals surface area contributed by atoms with Gasteiger partial charge in [0.1, 0.15) is 0 Å². The first-order valence-electron chi connectivity index (χ1n) is 8.68. The lowest BCUT2D eigenvalue weighted by Crippen LogP contribution is -2.41. The van der Waals surface area contributed by atoms with Crippen molar-refractivity contribution in [1.29, 1.82) is 0 Å². The Morgan fingerprint density at radius 2 is 2.11 bits per heavy atom. The van der Waals surface area contributed by atoms with E-state index in [1.54, 1.807) is 23.6 Å². The Balaban J connectivity index is 1.74. The number of sulfone groups is 1. The fourth-order valence-electron chi connectivity index (χ4n) is 3.20. The zero-order valence-corrected chi connectivity index (χ0v) is 17.4. The largest absolute Gasteiger partial charge is 0.341 e. The second-order valence-corrected chi connectivity index (χ2v) is 10.5. The van der Waals surface area contributed by atoms with Crippen LogP contribution in [0.15, 0.2) is 23.4 Å². The molecule has 0 aliphatic carbocycles. The first kappa shape index (κ1) is 19.8. The van der Waals surface area contributed by atoms with Gasteiger partial charge in [-0.2, -0.15) is 4.68 Å². The third-order valence-corrected chi connectivity index (χ3v) is 7.53. The molecule has 0 saturated carbocycles. The van der Waals surface area contributed by atoms with Crippen molar-refractivity contribution < 1.29 is 13.2 Å². The van der Waals surface area contributed by atoms with Crippen LogP contribution in [-0.4, -0.2) is 69.3 Å². The molecule has 0 unspecified atom stereocenters. The van der Waals surface area contributed by atoms with E-state index in [-0.39, 0.29) is 23.5 Å². The normalized spacial score (nSPS) is 19.8. The lowest BCUT2D eigenvalue weighted by atomic mass is 10.1. The predicted molar refractivity (Wildman–Crippen MR) is 104 cm³/mol. The summed E-state index contributed by atoms with van der Waals surface area (Å²) < 4.78 is 25.0. The Morgan fingerprint density at radius 1 is 1.37 bits per heavy atom. The molecule has 2 heterocycles. The first-order valence-corrected chi connectivity index (χ1v) is 11.4. The van der Waals surface area contributed by atoms with Crippen LogP contribution in [-0.2, 0) is 14.6 Å². The number of hydrogen-bond donors (Lipinski definition) is 0. The van der Waals surface area contributed by atoms with Crippen molar-refractivity contribution in [3.63, 3.8) is 0 Å². The monoisotopic (exact) mass is 409 g/mol. The van der Waals surface area contributed by atoms with Gasteiger partial charge in [0, 0.05) is 13.1 Å². The van der Waals surface area contributed by atoms with Gasteiger partial charge in [-0.15, -0.1) is 5.10 Å². The average Bonchev–Trinajstić information content (AvgIpc) is 3.19. The zero-order valence-electron chi connectivity index (χ0n) is 15.8. The Morgan fingerprint density at radius 3 is 2.74 bits per heavy atom. The van der Waals surface area contributed by atoms with E-state index < -0.39 is 15.1 Å². The van der Waals surface area contributed by atoms with Crippen LogP contribution in [0.3, 0.4) is 0 Å². The molecule has 27 heavy (non-hydrogen) atoms. The Hall–Kier alpha value is -1.94. The van der Waals surface area contributed by atoms with Crippen LogP contribution < -0.4 is 0 Å². The highest BCUT2D eigenvalue weighted by Crippen LogP contribution is 2.27. The molecule has 8 nitrogen and oxygen atoms in total. The number of carbonyl (C=O) groups excluding carboxylic acids is 1. The van der Waals surface area contributed by atoms with Crippen LogP contribution >= 0.6 is 11.8 Å². The summed E-state index contributed by atoms with van der Waals surface area (Å²) in [5, 5.41) is 12.0. The van der Waals surface area contributed by atoms with Crippen molar-refractivity contribution in [2.24, 2.45) is 0 Å². The average molecular weight is 410 g/mol. The fourth-order valence-corrected chi connectivity index (χ4v) is 5.88. The van der Waals surface area contributed by atoms with E-state index in [0.717, 1.165) is 16.8 Å². The molecule has 1 fully saturated rings. The molecule has 1 aromatic carbocycles.